The van der Waals surface area contributed by atoms with Crippen LogP contribution in [0.1, 0.15) is 21.5 Å². The van der Waals surface area contributed by atoms with Crippen molar-refractivity contribution in [2.24, 2.45) is 0 Å². The van der Waals surface area contributed by atoms with Crippen molar-refractivity contribution in [3.8, 4) is 5.75 Å². The van der Waals surface area contributed by atoms with E-state index in [0.29, 0.717) is 23.2 Å². The Balaban J connectivity index is 1.87. The van der Waals surface area contributed by atoms with Crippen LogP contribution in [-0.4, -0.2) is 16.9 Å². The number of hydrogen-bond acceptors (Lipinski definition) is 4. The molecule has 0 aromatic heterocycles. The standard InChI is InChI=1S/C17H13BrN2O3/c18-11-4-5-13-14(7-11)15(17(23)20-16(13)22)9-19-8-10-2-1-3-12(21)6-10/h1-7,9,19,21H,8H2,(H,20,22,23)/b15-9-. The molecule has 0 fully saturated rings. The minimum Gasteiger partial charge on any atom is -0.508 e. The normalized spacial score (nSPS) is 15.3. The molecular formula is C17H13BrN2O3. The fourth-order valence-corrected chi connectivity index (χ4v) is 2.74. The average molecular weight is 373 g/mol. The van der Waals surface area contributed by atoms with Crippen LogP contribution < -0.4 is 10.6 Å². The van der Waals surface area contributed by atoms with Crippen molar-refractivity contribution in [2.45, 2.75) is 6.54 Å². The maximum absolute atomic E-state index is 12.1. The van der Waals surface area contributed by atoms with Gasteiger partial charge in [0.25, 0.3) is 11.8 Å². The van der Waals surface area contributed by atoms with E-state index in [1.165, 1.54) is 0 Å². The van der Waals surface area contributed by atoms with Gasteiger partial charge in [-0.15, -0.1) is 0 Å². The molecular weight excluding hydrogens is 360 g/mol. The van der Waals surface area contributed by atoms with Crippen molar-refractivity contribution < 1.29 is 14.7 Å². The topological polar surface area (TPSA) is 78.4 Å². The SMILES string of the molecule is O=C1NC(=O)c2ccc(Br)cc2/C1=C/NCc1cccc(O)c1. The van der Waals surface area contributed by atoms with Gasteiger partial charge in [0.2, 0.25) is 0 Å². The first-order chi connectivity index (χ1) is 11.0. The highest BCUT2D eigenvalue weighted by atomic mass is 79.9. The fourth-order valence-electron chi connectivity index (χ4n) is 2.38. The van der Waals surface area contributed by atoms with Gasteiger partial charge in [-0.3, -0.25) is 14.9 Å². The number of benzene rings is 2. The minimum atomic E-state index is -0.441. The molecule has 3 N–H and O–H groups in total. The number of halogens is 1. The third-order valence-electron chi connectivity index (χ3n) is 3.45. The molecule has 1 heterocycles. The smallest absolute Gasteiger partial charge is 0.260 e. The van der Waals surface area contributed by atoms with Crippen LogP contribution in [0.15, 0.2) is 53.1 Å². The fraction of sp³-hybridized carbons (Fsp3) is 0.0588. The summed E-state index contributed by atoms with van der Waals surface area (Å²) in [5.41, 5.74) is 2.31. The lowest BCUT2D eigenvalue weighted by atomic mass is 9.95. The van der Waals surface area contributed by atoms with Crippen LogP contribution in [0.25, 0.3) is 5.57 Å². The lowest BCUT2D eigenvalue weighted by Crippen LogP contribution is -2.37. The summed E-state index contributed by atoms with van der Waals surface area (Å²) in [5.74, 6) is -0.654. The summed E-state index contributed by atoms with van der Waals surface area (Å²) in [6.45, 7) is 0.447. The number of nitrogens with one attached hydrogen (secondary N) is 2. The van der Waals surface area contributed by atoms with Crippen LogP contribution in [0, 0.1) is 0 Å². The summed E-state index contributed by atoms with van der Waals surface area (Å²) in [4.78, 5) is 23.9. The maximum Gasteiger partial charge on any atom is 0.260 e. The molecule has 0 bridgehead atoms. The highest BCUT2D eigenvalue weighted by molar-refractivity contribution is 9.10. The van der Waals surface area contributed by atoms with E-state index in [1.807, 2.05) is 6.07 Å². The molecule has 0 radical (unpaired) electrons. The zero-order chi connectivity index (χ0) is 16.4. The number of amides is 2. The monoisotopic (exact) mass is 372 g/mol. The number of carbonyl (C=O) groups is 2. The maximum atomic E-state index is 12.1. The molecule has 23 heavy (non-hydrogen) atoms. The molecule has 116 valence electrons. The van der Waals surface area contributed by atoms with Gasteiger partial charge in [0.15, 0.2) is 0 Å². The Kier molecular flexibility index (Phi) is 4.16. The van der Waals surface area contributed by atoms with Gasteiger partial charge in [-0.1, -0.05) is 28.1 Å². The molecule has 2 amide bonds. The molecule has 2 aromatic rings. The van der Waals surface area contributed by atoms with Crippen molar-refractivity contribution in [1.29, 1.82) is 0 Å². The summed E-state index contributed by atoms with van der Waals surface area (Å²) in [6, 6.07) is 12.0. The highest BCUT2D eigenvalue weighted by Gasteiger charge is 2.27. The Morgan fingerprint density at radius 1 is 1.09 bits per heavy atom. The summed E-state index contributed by atoms with van der Waals surface area (Å²) in [5, 5.41) is 14.8. The molecule has 0 spiro atoms. The molecule has 0 aliphatic carbocycles. The van der Waals surface area contributed by atoms with E-state index in [2.05, 4.69) is 26.6 Å². The Morgan fingerprint density at radius 2 is 1.91 bits per heavy atom. The average Bonchev–Trinajstić information content (AvgIpc) is 2.50. The lowest BCUT2D eigenvalue weighted by Gasteiger charge is -2.18. The third-order valence-corrected chi connectivity index (χ3v) is 3.94. The van der Waals surface area contributed by atoms with Gasteiger partial charge < -0.3 is 10.4 Å². The van der Waals surface area contributed by atoms with Crippen LogP contribution in [0.3, 0.4) is 0 Å². The zero-order valence-corrected chi connectivity index (χ0v) is 13.6. The van der Waals surface area contributed by atoms with Crippen LogP contribution in [0.5, 0.6) is 5.75 Å². The molecule has 5 nitrogen and oxygen atoms in total. The highest BCUT2D eigenvalue weighted by Crippen LogP contribution is 2.26. The summed E-state index contributed by atoms with van der Waals surface area (Å²) < 4.78 is 0.789. The van der Waals surface area contributed by atoms with Gasteiger partial charge in [0.05, 0.1) is 5.57 Å². The predicted molar refractivity (Wildman–Crippen MR) is 89.5 cm³/mol. The number of fused-ring (bicyclic) bond motifs is 1. The van der Waals surface area contributed by atoms with Crippen molar-refractivity contribution in [3.05, 3.63) is 69.8 Å². The number of imide groups is 1. The number of phenolic OH excluding ortho intramolecular Hbond substituents is 1. The lowest BCUT2D eigenvalue weighted by molar-refractivity contribution is -0.114. The Hall–Kier alpha value is -2.60. The number of rotatable bonds is 3. The second-order valence-corrected chi connectivity index (χ2v) is 6.00. The molecule has 0 atom stereocenters. The van der Waals surface area contributed by atoms with Gasteiger partial charge in [0.1, 0.15) is 5.75 Å². The molecule has 0 unspecified atom stereocenters. The first kappa shape index (κ1) is 15.3. The second-order valence-electron chi connectivity index (χ2n) is 5.08. The third kappa shape index (κ3) is 3.27. The second kappa shape index (κ2) is 6.26. The van der Waals surface area contributed by atoms with Crippen LogP contribution in [0.2, 0.25) is 0 Å². The predicted octanol–water partition coefficient (Wildman–Crippen LogP) is 2.56. The van der Waals surface area contributed by atoms with Gasteiger partial charge in [0, 0.05) is 28.3 Å². The number of phenols is 1. The van der Waals surface area contributed by atoms with E-state index in [9.17, 15) is 14.7 Å². The number of carbonyl (C=O) groups excluding carboxylic acids is 2. The first-order valence-electron chi connectivity index (χ1n) is 6.91. The summed E-state index contributed by atoms with van der Waals surface area (Å²) >= 11 is 3.35. The molecule has 3 rings (SSSR count). The molecule has 1 aliphatic heterocycles. The first-order valence-corrected chi connectivity index (χ1v) is 7.71. The molecule has 1 aliphatic rings. The number of hydrogen-bond donors (Lipinski definition) is 3. The molecule has 2 aromatic carbocycles. The van der Waals surface area contributed by atoms with Crippen LogP contribution >= 0.6 is 15.9 Å². The van der Waals surface area contributed by atoms with E-state index in [4.69, 9.17) is 0 Å². The number of aromatic hydroxyl groups is 1. The van der Waals surface area contributed by atoms with Crippen molar-refractivity contribution >= 4 is 33.3 Å². The Labute approximate surface area is 141 Å². The van der Waals surface area contributed by atoms with E-state index >= 15 is 0 Å². The zero-order valence-electron chi connectivity index (χ0n) is 12.0. The largest absolute Gasteiger partial charge is 0.508 e. The van der Waals surface area contributed by atoms with Crippen molar-refractivity contribution in [2.75, 3.05) is 0 Å². The summed E-state index contributed by atoms with van der Waals surface area (Å²) in [7, 11) is 0. The Bertz CT molecular complexity index is 830. The quantitative estimate of drug-likeness (QED) is 0.571. The van der Waals surface area contributed by atoms with Crippen molar-refractivity contribution in [3.63, 3.8) is 0 Å². The molecule has 0 saturated carbocycles. The molecule has 0 saturated heterocycles. The summed E-state index contributed by atoms with van der Waals surface area (Å²) in [6.07, 6.45) is 1.58. The van der Waals surface area contributed by atoms with E-state index in [1.54, 1.807) is 42.6 Å². The van der Waals surface area contributed by atoms with E-state index in [-0.39, 0.29) is 5.75 Å². The van der Waals surface area contributed by atoms with Crippen LogP contribution in [-0.2, 0) is 11.3 Å². The van der Waals surface area contributed by atoms with Gasteiger partial charge in [-0.2, -0.15) is 0 Å². The minimum absolute atomic E-state index is 0.187. The van der Waals surface area contributed by atoms with E-state index < -0.39 is 11.8 Å². The molecule has 6 heteroatoms. The van der Waals surface area contributed by atoms with Crippen molar-refractivity contribution in [1.82, 2.24) is 10.6 Å². The Morgan fingerprint density at radius 3 is 2.70 bits per heavy atom. The van der Waals surface area contributed by atoms with Gasteiger partial charge in [-0.05, 0) is 35.9 Å². The van der Waals surface area contributed by atoms with Gasteiger partial charge >= 0.3 is 0 Å². The van der Waals surface area contributed by atoms with Gasteiger partial charge in [-0.25, -0.2) is 0 Å². The van der Waals surface area contributed by atoms with Crippen LogP contribution in [0.4, 0.5) is 0 Å². The van der Waals surface area contributed by atoms with E-state index in [0.717, 1.165) is 10.0 Å².